The lowest BCUT2D eigenvalue weighted by Gasteiger charge is -2.22. The fourth-order valence-electron chi connectivity index (χ4n) is 3.09. The Bertz CT molecular complexity index is 663. The maximum atomic E-state index is 12.6. The number of carbonyl (C=O) groups is 1. The molecule has 23 heavy (non-hydrogen) atoms. The molecule has 1 unspecified atom stereocenters. The van der Waals surface area contributed by atoms with E-state index < -0.39 is 0 Å². The first-order chi connectivity index (χ1) is 11.2. The molecule has 0 aliphatic carbocycles. The fraction of sp³-hybridized carbons (Fsp3) is 0.444. The highest BCUT2D eigenvalue weighted by Gasteiger charge is 2.32. The Kier molecular flexibility index (Phi) is 4.65. The van der Waals surface area contributed by atoms with E-state index in [-0.39, 0.29) is 11.9 Å². The molecule has 2 aromatic rings. The molecule has 2 heterocycles. The molecule has 1 aliphatic rings. The number of aryl methyl sites for hydroxylation is 2. The third-order valence-electron chi connectivity index (χ3n) is 4.33. The topological polar surface area (TPSA) is 55.6 Å². The number of carbonyl (C=O) groups excluding carboxylic acids is 1. The molecule has 1 atom stereocenters. The highest BCUT2D eigenvalue weighted by molar-refractivity contribution is 5.77. The molecule has 0 radical (unpaired) electrons. The van der Waals surface area contributed by atoms with Gasteiger partial charge >= 0.3 is 0 Å². The molecular formula is C18H22N2O3. The van der Waals surface area contributed by atoms with Crippen LogP contribution in [-0.4, -0.2) is 29.6 Å². The van der Waals surface area contributed by atoms with E-state index in [9.17, 15) is 4.79 Å². The van der Waals surface area contributed by atoms with Gasteiger partial charge in [0.1, 0.15) is 5.75 Å². The van der Waals surface area contributed by atoms with Crippen LogP contribution in [0.25, 0.3) is 0 Å². The molecule has 1 aliphatic heterocycles. The second-order valence-electron chi connectivity index (χ2n) is 5.96. The lowest BCUT2D eigenvalue weighted by molar-refractivity contribution is -0.132. The maximum absolute atomic E-state index is 12.6. The molecule has 1 saturated heterocycles. The number of hydrogen-bond donors (Lipinski definition) is 0. The summed E-state index contributed by atoms with van der Waals surface area (Å²) in [6.07, 6.45) is 3.21. The monoisotopic (exact) mass is 314 g/mol. The van der Waals surface area contributed by atoms with E-state index in [2.05, 4.69) is 5.16 Å². The van der Waals surface area contributed by atoms with Crippen molar-refractivity contribution < 1.29 is 14.1 Å². The predicted octanol–water partition coefficient (Wildman–Crippen LogP) is 3.29. The van der Waals surface area contributed by atoms with E-state index in [0.717, 1.165) is 48.6 Å². The lowest BCUT2D eigenvalue weighted by atomic mass is 10.1. The van der Waals surface area contributed by atoms with Crippen LogP contribution in [0.1, 0.15) is 42.3 Å². The molecular weight excluding hydrogens is 292 g/mol. The zero-order valence-corrected chi connectivity index (χ0v) is 13.6. The number of benzene rings is 1. The van der Waals surface area contributed by atoms with E-state index in [0.29, 0.717) is 6.42 Å². The summed E-state index contributed by atoms with van der Waals surface area (Å²) in [7, 11) is 1.65. The molecule has 0 spiro atoms. The van der Waals surface area contributed by atoms with Gasteiger partial charge in [0.15, 0.2) is 5.76 Å². The molecule has 1 aromatic carbocycles. The number of aromatic nitrogens is 1. The summed E-state index contributed by atoms with van der Waals surface area (Å²) < 4.78 is 10.5. The van der Waals surface area contributed by atoms with Crippen molar-refractivity contribution in [1.82, 2.24) is 10.1 Å². The van der Waals surface area contributed by atoms with Crippen LogP contribution in [0, 0.1) is 6.92 Å². The summed E-state index contributed by atoms with van der Waals surface area (Å²) in [5.41, 5.74) is 2.00. The van der Waals surface area contributed by atoms with E-state index in [4.69, 9.17) is 9.26 Å². The third kappa shape index (κ3) is 3.55. The van der Waals surface area contributed by atoms with Crippen molar-refractivity contribution in [3.8, 4) is 5.75 Å². The highest BCUT2D eigenvalue weighted by atomic mass is 16.5. The fourth-order valence-corrected chi connectivity index (χ4v) is 3.09. The van der Waals surface area contributed by atoms with Crippen molar-refractivity contribution in [3.63, 3.8) is 0 Å². The Hall–Kier alpha value is -2.30. The third-order valence-corrected chi connectivity index (χ3v) is 4.33. The van der Waals surface area contributed by atoms with E-state index in [1.54, 1.807) is 7.11 Å². The van der Waals surface area contributed by atoms with Gasteiger partial charge in [-0.1, -0.05) is 17.3 Å². The van der Waals surface area contributed by atoms with Gasteiger partial charge in [-0.25, -0.2) is 0 Å². The maximum Gasteiger partial charge on any atom is 0.223 e. The second kappa shape index (κ2) is 6.86. The molecule has 5 nitrogen and oxygen atoms in total. The SMILES string of the molecule is COc1ccc(CCC(=O)N2CCCC2c2cc(C)no2)cc1. The van der Waals surface area contributed by atoms with Crippen molar-refractivity contribution in [2.75, 3.05) is 13.7 Å². The van der Waals surface area contributed by atoms with Crippen molar-refractivity contribution >= 4 is 5.91 Å². The van der Waals surface area contributed by atoms with Crippen LogP contribution in [-0.2, 0) is 11.2 Å². The lowest BCUT2D eigenvalue weighted by Crippen LogP contribution is -2.30. The van der Waals surface area contributed by atoms with Crippen LogP contribution < -0.4 is 4.74 Å². The van der Waals surface area contributed by atoms with E-state index in [1.165, 1.54) is 0 Å². The second-order valence-corrected chi connectivity index (χ2v) is 5.96. The van der Waals surface area contributed by atoms with Gasteiger partial charge in [0.05, 0.1) is 18.8 Å². The van der Waals surface area contributed by atoms with Crippen LogP contribution in [0.4, 0.5) is 0 Å². The van der Waals surface area contributed by atoms with Crippen LogP contribution in [0.3, 0.4) is 0 Å². The van der Waals surface area contributed by atoms with Gasteiger partial charge in [0, 0.05) is 19.0 Å². The first-order valence-corrected chi connectivity index (χ1v) is 8.03. The number of likely N-dealkylation sites (tertiary alicyclic amines) is 1. The van der Waals surface area contributed by atoms with Crippen molar-refractivity contribution in [3.05, 3.63) is 47.3 Å². The van der Waals surface area contributed by atoms with Gasteiger partial charge in [-0.05, 0) is 43.9 Å². The summed E-state index contributed by atoms with van der Waals surface area (Å²) in [5.74, 6) is 1.82. The zero-order valence-electron chi connectivity index (χ0n) is 13.6. The molecule has 1 amide bonds. The zero-order chi connectivity index (χ0) is 16.2. The van der Waals surface area contributed by atoms with Gasteiger partial charge < -0.3 is 14.2 Å². The minimum Gasteiger partial charge on any atom is -0.497 e. The smallest absolute Gasteiger partial charge is 0.223 e. The summed E-state index contributed by atoms with van der Waals surface area (Å²) in [5, 5.41) is 3.94. The first-order valence-electron chi connectivity index (χ1n) is 8.03. The van der Waals surface area contributed by atoms with Crippen LogP contribution in [0.5, 0.6) is 5.75 Å². The number of ether oxygens (including phenoxy) is 1. The molecule has 5 heteroatoms. The number of hydrogen-bond acceptors (Lipinski definition) is 4. The standard InChI is InChI=1S/C18H22N2O3/c1-13-12-17(23-19-13)16-4-3-11-20(16)18(21)10-7-14-5-8-15(22-2)9-6-14/h5-6,8-9,12,16H,3-4,7,10-11H2,1-2H3. The van der Waals surface area contributed by atoms with Gasteiger partial charge in [-0.3, -0.25) is 4.79 Å². The highest BCUT2D eigenvalue weighted by Crippen LogP contribution is 2.32. The summed E-state index contributed by atoms with van der Waals surface area (Å²) >= 11 is 0. The summed E-state index contributed by atoms with van der Waals surface area (Å²) in [6.45, 7) is 2.70. The number of rotatable bonds is 5. The normalized spacial score (nSPS) is 17.5. The Labute approximate surface area is 136 Å². The Morgan fingerprint density at radius 3 is 2.83 bits per heavy atom. The van der Waals surface area contributed by atoms with Gasteiger partial charge in [0.2, 0.25) is 5.91 Å². The van der Waals surface area contributed by atoms with E-state index in [1.807, 2.05) is 42.2 Å². The average Bonchev–Trinajstić information content (AvgIpc) is 3.21. The Morgan fingerprint density at radius 1 is 1.39 bits per heavy atom. The van der Waals surface area contributed by atoms with Crippen molar-refractivity contribution in [1.29, 1.82) is 0 Å². The van der Waals surface area contributed by atoms with E-state index >= 15 is 0 Å². The average molecular weight is 314 g/mol. The number of amides is 1. The van der Waals surface area contributed by atoms with Crippen LogP contribution in [0.2, 0.25) is 0 Å². The molecule has 3 rings (SSSR count). The quantitative estimate of drug-likeness (QED) is 0.850. The molecule has 1 fully saturated rings. The van der Waals surface area contributed by atoms with Gasteiger partial charge in [0.25, 0.3) is 0 Å². The molecule has 0 saturated carbocycles. The summed E-state index contributed by atoms with van der Waals surface area (Å²) in [4.78, 5) is 14.5. The summed E-state index contributed by atoms with van der Waals surface area (Å²) in [6, 6.07) is 9.84. The molecule has 0 N–H and O–H groups in total. The number of nitrogens with zero attached hydrogens (tertiary/aromatic N) is 2. The van der Waals surface area contributed by atoms with Crippen molar-refractivity contribution in [2.45, 2.75) is 38.6 Å². The Morgan fingerprint density at radius 2 is 2.17 bits per heavy atom. The predicted molar refractivity (Wildman–Crippen MR) is 86.2 cm³/mol. The largest absolute Gasteiger partial charge is 0.497 e. The molecule has 122 valence electrons. The van der Waals surface area contributed by atoms with Crippen LogP contribution >= 0.6 is 0 Å². The number of methoxy groups -OCH3 is 1. The minimum absolute atomic E-state index is 0.0413. The Balaban J connectivity index is 1.60. The molecule has 0 bridgehead atoms. The van der Waals surface area contributed by atoms with Gasteiger partial charge in [-0.2, -0.15) is 0 Å². The van der Waals surface area contributed by atoms with Crippen molar-refractivity contribution in [2.24, 2.45) is 0 Å². The van der Waals surface area contributed by atoms with Gasteiger partial charge in [-0.15, -0.1) is 0 Å². The molecule has 1 aromatic heterocycles. The minimum atomic E-state index is 0.0413. The first kappa shape index (κ1) is 15.6. The van der Waals surface area contributed by atoms with Crippen LogP contribution in [0.15, 0.2) is 34.9 Å².